The zero-order chi connectivity index (χ0) is 14.7. The molecule has 0 amide bonds. The Morgan fingerprint density at radius 2 is 1.95 bits per heavy atom. The number of ether oxygens (including phenoxy) is 3. The highest BCUT2D eigenvalue weighted by atomic mass is 19.1. The van der Waals surface area contributed by atoms with Crippen molar-refractivity contribution in [3.8, 4) is 0 Å². The number of rotatable bonds is 1. The maximum absolute atomic E-state index is 13.4. The Hall–Kier alpha value is -1.51. The zero-order valence-corrected chi connectivity index (χ0v) is 11.3. The van der Waals surface area contributed by atoms with Gasteiger partial charge in [-0.15, -0.1) is 0 Å². The van der Waals surface area contributed by atoms with Crippen LogP contribution in [0.15, 0.2) is 15.8 Å². The van der Waals surface area contributed by atoms with Gasteiger partial charge in [0, 0.05) is 0 Å². The molecule has 0 radical (unpaired) electrons. The molecule has 1 N–H and O–H groups in total. The third-order valence-electron chi connectivity index (χ3n) is 3.46. The third kappa shape index (κ3) is 2.00. The van der Waals surface area contributed by atoms with Crippen molar-refractivity contribution in [2.45, 2.75) is 51.1 Å². The second-order valence-corrected chi connectivity index (χ2v) is 5.44. The molecular weight excluding hydrogens is 271 g/mol. The molecule has 2 fully saturated rings. The lowest BCUT2D eigenvalue weighted by Gasteiger charge is -2.23. The van der Waals surface area contributed by atoms with Gasteiger partial charge in [0.15, 0.2) is 12.0 Å². The molecule has 20 heavy (non-hydrogen) atoms. The standard InChI is InChI=1S/C12H15FN2O5/c1-5-7-8(20-12(2,3)19-7)10(18-5)15-4-6(13)9(16)14-11(15)17/h4-5,7-8,10H,1-3H3,(H,14,16,17)/t5-,7+,8+,10-/m1/s1. The molecule has 0 unspecified atom stereocenters. The van der Waals surface area contributed by atoms with Crippen molar-refractivity contribution in [1.82, 2.24) is 9.55 Å². The first-order valence-corrected chi connectivity index (χ1v) is 6.30. The maximum atomic E-state index is 13.4. The number of aromatic amines is 1. The predicted molar refractivity (Wildman–Crippen MR) is 64.7 cm³/mol. The van der Waals surface area contributed by atoms with Gasteiger partial charge in [-0.1, -0.05) is 0 Å². The SMILES string of the molecule is C[C@H]1O[C@@H](n2cc(F)c(=O)[nH]c2=O)[C@H]2OC(C)(C)O[C@H]21. The summed E-state index contributed by atoms with van der Waals surface area (Å²) in [7, 11) is 0. The lowest BCUT2D eigenvalue weighted by molar-refractivity contribution is -0.195. The number of hydrogen-bond acceptors (Lipinski definition) is 5. The van der Waals surface area contributed by atoms with Gasteiger partial charge in [0.05, 0.1) is 12.3 Å². The molecular formula is C12H15FN2O5. The minimum atomic E-state index is -1.06. The fraction of sp³-hybridized carbons (Fsp3) is 0.667. The van der Waals surface area contributed by atoms with Gasteiger partial charge in [-0.2, -0.15) is 4.39 Å². The summed E-state index contributed by atoms with van der Waals surface area (Å²) in [6.07, 6.45) is -1.21. The van der Waals surface area contributed by atoms with Crippen molar-refractivity contribution in [1.29, 1.82) is 0 Å². The summed E-state index contributed by atoms with van der Waals surface area (Å²) in [5.41, 5.74) is -1.81. The van der Waals surface area contributed by atoms with Crippen LogP contribution in [0.4, 0.5) is 4.39 Å². The molecule has 8 heteroatoms. The lowest BCUT2D eigenvalue weighted by Crippen LogP contribution is -2.38. The highest BCUT2D eigenvalue weighted by Crippen LogP contribution is 2.42. The first kappa shape index (κ1) is 13.5. The van der Waals surface area contributed by atoms with Crippen molar-refractivity contribution in [2.24, 2.45) is 0 Å². The van der Waals surface area contributed by atoms with E-state index in [1.165, 1.54) is 0 Å². The van der Waals surface area contributed by atoms with E-state index in [4.69, 9.17) is 14.2 Å². The Morgan fingerprint density at radius 3 is 2.65 bits per heavy atom. The number of aromatic nitrogens is 2. The van der Waals surface area contributed by atoms with Gasteiger partial charge >= 0.3 is 5.69 Å². The maximum Gasteiger partial charge on any atom is 0.330 e. The third-order valence-corrected chi connectivity index (χ3v) is 3.46. The summed E-state index contributed by atoms with van der Waals surface area (Å²) < 4.78 is 31.4. The van der Waals surface area contributed by atoms with Crippen molar-refractivity contribution < 1.29 is 18.6 Å². The van der Waals surface area contributed by atoms with Crippen LogP contribution in [-0.2, 0) is 14.2 Å². The van der Waals surface area contributed by atoms with Crippen molar-refractivity contribution in [3.05, 3.63) is 32.9 Å². The van der Waals surface area contributed by atoms with Gasteiger partial charge in [0.2, 0.25) is 5.82 Å². The Bertz CT molecular complexity index is 652. The molecule has 1 aromatic rings. The van der Waals surface area contributed by atoms with Gasteiger partial charge < -0.3 is 14.2 Å². The van der Waals surface area contributed by atoms with E-state index >= 15 is 0 Å². The molecule has 1 aromatic heterocycles. The number of fused-ring (bicyclic) bond motifs is 1. The van der Waals surface area contributed by atoms with Crippen LogP contribution in [0.2, 0.25) is 0 Å². The smallest absolute Gasteiger partial charge is 0.330 e. The second-order valence-electron chi connectivity index (χ2n) is 5.44. The first-order chi connectivity index (χ1) is 9.28. The number of hydrogen-bond donors (Lipinski definition) is 1. The van der Waals surface area contributed by atoms with E-state index in [0.29, 0.717) is 0 Å². The number of H-pyrrole nitrogens is 1. The van der Waals surface area contributed by atoms with Crippen LogP contribution in [0.5, 0.6) is 0 Å². The van der Waals surface area contributed by atoms with E-state index in [-0.39, 0.29) is 12.2 Å². The summed E-state index contributed by atoms with van der Waals surface area (Å²) >= 11 is 0. The van der Waals surface area contributed by atoms with E-state index in [1.54, 1.807) is 20.8 Å². The van der Waals surface area contributed by atoms with Gasteiger partial charge in [-0.3, -0.25) is 14.3 Å². The summed E-state index contributed by atoms with van der Waals surface area (Å²) in [5, 5.41) is 0. The van der Waals surface area contributed by atoms with Crippen molar-refractivity contribution >= 4 is 0 Å². The molecule has 2 aliphatic heterocycles. The van der Waals surface area contributed by atoms with Gasteiger partial charge in [-0.05, 0) is 20.8 Å². The predicted octanol–water partition coefficient (Wildman–Crippen LogP) is 0.113. The molecule has 0 aromatic carbocycles. The number of nitrogens with one attached hydrogen (secondary N) is 1. The fourth-order valence-corrected chi connectivity index (χ4v) is 2.65. The summed E-state index contributed by atoms with van der Waals surface area (Å²) in [5.74, 6) is -1.85. The van der Waals surface area contributed by atoms with Crippen LogP contribution < -0.4 is 11.2 Å². The van der Waals surface area contributed by atoms with Gasteiger partial charge in [-0.25, -0.2) is 4.79 Å². The van der Waals surface area contributed by atoms with Crippen LogP contribution >= 0.6 is 0 Å². The quantitative estimate of drug-likeness (QED) is 0.792. The van der Waals surface area contributed by atoms with E-state index in [9.17, 15) is 14.0 Å². The van der Waals surface area contributed by atoms with Crippen LogP contribution in [0.25, 0.3) is 0 Å². The molecule has 0 spiro atoms. The largest absolute Gasteiger partial charge is 0.349 e. The highest BCUT2D eigenvalue weighted by molar-refractivity contribution is 4.98. The molecule has 0 aliphatic carbocycles. The Labute approximate surface area is 113 Å². The van der Waals surface area contributed by atoms with Gasteiger partial charge in [0.1, 0.15) is 12.2 Å². The zero-order valence-electron chi connectivity index (χ0n) is 11.3. The molecule has 2 saturated heterocycles. The normalized spacial score (nSPS) is 35.2. The van der Waals surface area contributed by atoms with E-state index in [1.807, 2.05) is 4.98 Å². The summed E-state index contributed by atoms with van der Waals surface area (Å²) in [4.78, 5) is 24.8. The van der Waals surface area contributed by atoms with E-state index in [0.717, 1.165) is 10.8 Å². The van der Waals surface area contributed by atoms with Crippen LogP contribution in [0.3, 0.4) is 0 Å². The fourth-order valence-electron chi connectivity index (χ4n) is 2.65. The number of nitrogens with zero attached hydrogens (tertiary/aromatic N) is 1. The molecule has 0 saturated carbocycles. The number of halogens is 1. The first-order valence-electron chi connectivity index (χ1n) is 6.30. The van der Waals surface area contributed by atoms with Crippen molar-refractivity contribution in [2.75, 3.05) is 0 Å². The average Bonchev–Trinajstić information content (AvgIpc) is 2.80. The van der Waals surface area contributed by atoms with Crippen LogP contribution in [0, 0.1) is 5.82 Å². The molecule has 7 nitrogen and oxygen atoms in total. The Balaban J connectivity index is 2.01. The molecule has 3 rings (SSSR count). The minimum absolute atomic E-state index is 0.311. The Morgan fingerprint density at radius 1 is 1.30 bits per heavy atom. The molecule has 110 valence electrons. The van der Waals surface area contributed by atoms with Crippen LogP contribution in [0.1, 0.15) is 27.0 Å². The van der Waals surface area contributed by atoms with Crippen LogP contribution in [-0.4, -0.2) is 33.7 Å². The molecule has 0 bridgehead atoms. The summed E-state index contributed by atoms with van der Waals surface area (Å²) in [6.45, 7) is 5.30. The molecule has 3 heterocycles. The summed E-state index contributed by atoms with van der Waals surface area (Å²) in [6, 6.07) is 0. The molecule has 2 aliphatic rings. The second kappa shape index (κ2) is 4.24. The van der Waals surface area contributed by atoms with E-state index < -0.39 is 35.2 Å². The lowest BCUT2D eigenvalue weighted by atomic mass is 10.1. The average molecular weight is 286 g/mol. The molecule has 4 atom stereocenters. The van der Waals surface area contributed by atoms with E-state index in [2.05, 4.69) is 0 Å². The van der Waals surface area contributed by atoms with Crippen molar-refractivity contribution in [3.63, 3.8) is 0 Å². The Kier molecular flexibility index (Phi) is 2.86. The minimum Gasteiger partial charge on any atom is -0.349 e. The highest BCUT2D eigenvalue weighted by Gasteiger charge is 2.54. The monoisotopic (exact) mass is 286 g/mol. The topological polar surface area (TPSA) is 82.6 Å². The van der Waals surface area contributed by atoms with Gasteiger partial charge in [0.25, 0.3) is 5.56 Å².